The van der Waals surface area contributed by atoms with Crippen molar-refractivity contribution in [3.8, 4) is 11.5 Å². The van der Waals surface area contributed by atoms with E-state index >= 15 is 0 Å². The van der Waals surface area contributed by atoms with Crippen molar-refractivity contribution in [2.75, 3.05) is 6.54 Å². The van der Waals surface area contributed by atoms with E-state index in [2.05, 4.69) is 4.98 Å². The molecule has 2 heterocycles. The standard InChI is InChI=1S/C18H18N2O4/c21-17(22)11-14-3-2-10-20(14)18(23)13-5-7-15(8-6-13)24-16-4-1-9-19-12-16/h1,4-9,12,14H,2-3,10-11H2,(H,21,22). The Bertz CT molecular complexity index is 716. The van der Waals surface area contributed by atoms with Gasteiger partial charge in [0, 0.05) is 24.3 Å². The first-order valence-electron chi connectivity index (χ1n) is 7.84. The molecule has 2 aromatic rings. The minimum atomic E-state index is -0.875. The van der Waals surface area contributed by atoms with E-state index < -0.39 is 5.97 Å². The number of carboxylic acid groups (broad SMARTS) is 1. The van der Waals surface area contributed by atoms with E-state index in [0.29, 0.717) is 23.6 Å². The van der Waals surface area contributed by atoms with Gasteiger partial charge in [-0.2, -0.15) is 0 Å². The summed E-state index contributed by atoms with van der Waals surface area (Å²) in [5.74, 6) is 0.229. The van der Waals surface area contributed by atoms with Crippen LogP contribution in [0.2, 0.25) is 0 Å². The molecule has 1 N–H and O–H groups in total. The average Bonchev–Trinajstić information content (AvgIpc) is 3.03. The van der Waals surface area contributed by atoms with Gasteiger partial charge >= 0.3 is 5.97 Å². The number of hydrogen-bond acceptors (Lipinski definition) is 4. The van der Waals surface area contributed by atoms with Crippen LogP contribution in [0.3, 0.4) is 0 Å². The topological polar surface area (TPSA) is 79.7 Å². The second-order valence-corrected chi connectivity index (χ2v) is 5.71. The van der Waals surface area contributed by atoms with Gasteiger partial charge in [-0.05, 0) is 49.2 Å². The minimum absolute atomic E-state index is 0.00601. The average molecular weight is 326 g/mol. The zero-order valence-corrected chi connectivity index (χ0v) is 13.1. The highest BCUT2D eigenvalue weighted by Gasteiger charge is 2.30. The van der Waals surface area contributed by atoms with Gasteiger partial charge in [-0.3, -0.25) is 14.6 Å². The van der Waals surface area contributed by atoms with Crippen LogP contribution in [0.1, 0.15) is 29.6 Å². The summed E-state index contributed by atoms with van der Waals surface area (Å²) in [5.41, 5.74) is 0.533. The lowest BCUT2D eigenvalue weighted by molar-refractivity contribution is -0.137. The zero-order chi connectivity index (χ0) is 16.9. The SMILES string of the molecule is O=C(O)CC1CCCN1C(=O)c1ccc(Oc2cccnc2)cc1. The maximum atomic E-state index is 12.6. The smallest absolute Gasteiger partial charge is 0.305 e. The number of nitrogens with zero attached hydrogens (tertiary/aromatic N) is 2. The fourth-order valence-corrected chi connectivity index (χ4v) is 2.89. The van der Waals surface area contributed by atoms with Crippen molar-refractivity contribution in [3.05, 3.63) is 54.4 Å². The van der Waals surface area contributed by atoms with E-state index in [4.69, 9.17) is 9.84 Å². The predicted octanol–water partition coefficient (Wildman–Crippen LogP) is 2.95. The number of likely N-dealkylation sites (tertiary alicyclic amines) is 1. The predicted molar refractivity (Wildman–Crippen MR) is 87.1 cm³/mol. The molecule has 1 aliphatic rings. The molecule has 124 valence electrons. The van der Waals surface area contributed by atoms with Gasteiger partial charge in [-0.25, -0.2) is 0 Å². The van der Waals surface area contributed by atoms with Gasteiger partial charge in [0.2, 0.25) is 0 Å². The molecular formula is C18H18N2O4. The van der Waals surface area contributed by atoms with E-state index in [9.17, 15) is 9.59 Å². The summed E-state index contributed by atoms with van der Waals surface area (Å²) < 4.78 is 5.65. The van der Waals surface area contributed by atoms with E-state index in [1.54, 1.807) is 53.7 Å². The van der Waals surface area contributed by atoms with Crippen LogP contribution in [0.25, 0.3) is 0 Å². The summed E-state index contributed by atoms with van der Waals surface area (Å²) in [7, 11) is 0. The highest BCUT2D eigenvalue weighted by atomic mass is 16.5. The fourth-order valence-electron chi connectivity index (χ4n) is 2.89. The van der Waals surface area contributed by atoms with Crippen molar-refractivity contribution in [2.24, 2.45) is 0 Å². The highest BCUT2D eigenvalue weighted by molar-refractivity contribution is 5.95. The lowest BCUT2D eigenvalue weighted by atomic mass is 10.1. The summed E-state index contributed by atoms with van der Waals surface area (Å²) in [5, 5.41) is 8.96. The van der Waals surface area contributed by atoms with Crippen LogP contribution < -0.4 is 4.74 Å². The second kappa shape index (κ2) is 7.12. The van der Waals surface area contributed by atoms with Crippen LogP contribution in [0.4, 0.5) is 0 Å². The number of benzene rings is 1. The van der Waals surface area contributed by atoms with Gasteiger partial charge in [0.05, 0.1) is 12.6 Å². The molecule has 0 radical (unpaired) electrons. The molecule has 0 aliphatic carbocycles. The lowest BCUT2D eigenvalue weighted by Gasteiger charge is -2.23. The molecule has 3 rings (SSSR count). The number of carbonyl (C=O) groups is 2. The third-order valence-corrected chi connectivity index (χ3v) is 4.02. The number of aliphatic carboxylic acids is 1. The van der Waals surface area contributed by atoms with Crippen LogP contribution in [0.15, 0.2) is 48.8 Å². The van der Waals surface area contributed by atoms with Gasteiger partial charge in [0.1, 0.15) is 11.5 Å². The van der Waals surface area contributed by atoms with Crippen LogP contribution in [-0.2, 0) is 4.79 Å². The fraction of sp³-hybridized carbons (Fsp3) is 0.278. The first kappa shape index (κ1) is 16.0. The number of amides is 1. The Morgan fingerprint density at radius 1 is 1.21 bits per heavy atom. The molecule has 1 atom stereocenters. The third kappa shape index (κ3) is 3.71. The number of carboxylic acids is 1. The molecule has 6 nitrogen and oxygen atoms in total. The highest BCUT2D eigenvalue weighted by Crippen LogP contribution is 2.25. The van der Waals surface area contributed by atoms with Crippen molar-refractivity contribution < 1.29 is 19.4 Å². The molecule has 24 heavy (non-hydrogen) atoms. The zero-order valence-electron chi connectivity index (χ0n) is 13.1. The van der Waals surface area contributed by atoms with Crippen LogP contribution in [0.5, 0.6) is 11.5 Å². The Morgan fingerprint density at radius 3 is 2.67 bits per heavy atom. The minimum Gasteiger partial charge on any atom is -0.481 e. The molecule has 1 aliphatic heterocycles. The van der Waals surface area contributed by atoms with Gasteiger partial charge in [-0.15, -0.1) is 0 Å². The second-order valence-electron chi connectivity index (χ2n) is 5.71. The molecule has 1 saturated heterocycles. The van der Waals surface area contributed by atoms with Gasteiger partial charge in [0.15, 0.2) is 0 Å². The summed E-state index contributed by atoms with van der Waals surface area (Å²) in [4.78, 5) is 29.1. The summed E-state index contributed by atoms with van der Waals surface area (Å²) >= 11 is 0. The van der Waals surface area contributed by atoms with E-state index in [1.807, 2.05) is 0 Å². The van der Waals surface area contributed by atoms with Gasteiger partial charge in [-0.1, -0.05) is 0 Å². The number of pyridine rings is 1. The summed E-state index contributed by atoms with van der Waals surface area (Å²) in [6.45, 7) is 0.602. The summed E-state index contributed by atoms with van der Waals surface area (Å²) in [6, 6.07) is 10.2. The van der Waals surface area contributed by atoms with Crippen molar-refractivity contribution in [1.29, 1.82) is 0 Å². The molecule has 0 spiro atoms. The van der Waals surface area contributed by atoms with Gasteiger partial charge < -0.3 is 14.7 Å². The first-order valence-corrected chi connectivity index (χ1v) is 7.84. The Labute approximate surface area is 139 Å². The number of rotatable bonds is 5. The number of ether oxygens (including phenoxy) is 1. The van der Waals surface area contributed by atoms with Crippen LogP contribution >= 0.6 is 0 Å². The van der Waals surface area contributed by atoms with Crippen molar-refractivity contribution in [1.82, 2.24) is 9.88 Å². The van der Waals surface area contributed by atoms with Gasteiger partial charge in [0.25, 0.3) is 5.91 Å². The quantitative estimate of drug-likeness (QED) is 0.914. The number of hydrogen-bond donors (Lipinski definition) is 1. The number of aromatic nitrogens is 1. The largest absolute Gasteiger partial charge is 0.481 e. The Hall–Kier alpha value is -2.89. The maximum absolute atomic E-state index is 12.6. The normalized spacial score (nSPS) is 16.8. The van der Waals surface area contributed by atoms with Crippen LogP contribution in [-0.4, -0.2) is 39.5 Å². The van der Waals surface area contributed by atoms with Crippen molar-refractivity contribution in [2.45, 2.75) is 25.3 Å². The molecule has 0 saturated carbocycles. The maximum Gasteiger partial charge on any atom is 0.305 e. The van der Waals surface area contributed by atoms with E-state index in [1.165, 1.54) is 0 Å². The molecule has 0 bridgehead atoms. The lowest BCUT2D eigenvalue weighted by Crippen LogP contribution is -2.36. The number of carbonyl (C=O) groups excluding carboxylic acids is 1. The Kier molecular flexibility index (Phi) is 4.74. The molecule has 1 aromatic heterocycles. The Morgan fingerprint density at radius 2 is 2.00 bits per heavy atom. The third-order valence-electron chi connectivity index (χ3n) is 4.02. The van der Waals surface area contributed by atoms with E-state index in [0.717, 1.165) is 12.8 Å². The molecule has 6 heteroatoms. The molecule has 1 unspecified atom stereocenters. The summed E-state index contributed by atoms with van der Waals surface area (Å²) in [6.07, 6.45) is 4.85. The molecule has 1 amide bonds. The molecule has 1 aromatic carbocycles. The first-order chi connectivity index (χ1) is 11.6. The van der Waals surface area contributed by atoms with E-state index in [-0.39, 0.29) is 18.4 Å². The molecule has 1 fully saturated rings. The van der Waals surface area contributed by atoms with Crippen molar-refractivity contribution >= 4 is 11.9 Å². The molecular weight excluding hydrogens is 308 g/mol. The monoisotopic (exact) mass is 326 g/mol. The Balaban J connectivity index is 1.68. The van der Waals surface area contributed by atoms with Crippen molar-refractivity contribution in [3.63, 3.8) is 0 Å². The van der Waals surface area contributed by atoms with Crippen LogP contribution in [0, 0.1) is 0 Å².